The Morgan fingerprint density at radius 2 is 1.95 bits per heavy atom. The van der Waals surface area contributed by atoms with Gasteiger partial charge in [0.2, 0.25) is 0 Å². The van der Waals surface area contributed by atoms with Gasteiger partial charge < -0.3 is 5.32 Å². The molecule has 0 spiro atoms. The van der Waals surface area contributed by atoms with Gasteiger partial charge in [-0.15, -0.1) is 0 Å². The highest BCUT2D eigenvalue weighted by molar-refractivity contribution is 14.1. The first-order valence-electron chi connectivity index (χ1n) is 6.88. The number of carbonyl (C=O) groups excluding carboxylic acids is 1. The van der Waals surface area contributed by atoms with Crippen molar-refractivity contribution in [1.29, 1.82) is 0 Å². The van der Waals surface area contributed by atoms with Crippen LogP contribution >= 0.6 is 22.6 Å². The average Bonchev–Trinajstić information content (AvgIpc) is 2.83. The number of aromatic nitrogens is 1. The smallest absolute Gasteiger partial charge is 0.256 e. The number of fused-ring (bicyclic) bond motifs is 2. The van der Waals surface area contributed by atoms with Gasteiger partial charge in [-0.1, -0.05) is 18.2 Å². The molecule has 3 aromatic rings. The fourth-order valence-corrected chi connectivity index (χ4v) is 3.13. The number of anilines is 1. The van der Waals surface area contributed by atoms with Crippen molar-refractivity contribution in [3.05, 3.63) is 69.4 Å². The minimum Gasteiger partial charge on any atom is -0.321 e. The molecule has 22 heavy (non-hydrogen) atoms. The number of rotatable bonds is 1. The van der Waals surface area contributed by atoms with Gasteiger partial charge in [0.1, 0.15) is 0 Å². The molecule has 1 N–H and O–H groups in total. The predicted molar refractivity (Wildman–Crippen MR) is 97.4 cm³/mol. The van der Waals surface area contributed by atoms with Gasteiger partial charge in [0, 0.05) is 32.0 Å². The molecule has 0 unspecified atom stereocenters. The number of hydrogen-bond donors (Lipinski definition) is 1. The third kappa shape index (κ3) is 2.29. The summed E-state index contributed by atoms with van der Waals surface area (Å²) in [6, 6.07) is 16.0. The number of amides is 1. The lowest BCUT2D eigenvalue weighted by atomic mass is 10.0. The Balaban J connectivity index is 1.85. The second kappa shape index (κ2) is 5.21. The molecule has 0 atom stereocenters. The first-order chi connectivity index (χ1) is 10.7. The lowest BCUT2D eigenvalue weighted by molar-refractivity contribution is -0.110. The largest absolute Gasteiger partial charge is 0.321 e. The molecule has 3 nitrogen and oxygen atoms in total. The SMILES string of the molecule is O=C1Nc2ccc(I)cc2C1=Cc1cnc2ccccc2c1. The number of hydrogen-bond acceptors (Lipinski definition) is 2. The summed E-state index contributed by atoms with van der Waals surface area (Å²) in [7, 11) is 0. The summed E-state index contributed by atoms with van der Waals surface area (Å²) in [5.41, 5.74) is 4.38. The number of halogens is 1. The van der Waals surface area contributed by atoms with E-state index in [9.17, 15) is 4.79 Å². The van der Waals surface area contributed by atoms with Crippen molar-refractivity contribution < 1.29 is 4.79 Å². The molecule has 4 rings (SSSR count). The molecule has 1 aromatic heterocycles. The Labute approximate surface area is 141 Å². The molecule has 0 fully saturated rings. The average molecular weight is 398 g/mol. The van der Waals surface area contributed by atoms with Crippen molar-refractivity contribution in [2.45, 2.75) is 0 Å². The van der Waals surface area contributed by atoms with E-state index in [1.807, 2.05) is 48.5 Å². The summed E-state index contributed by atoms with van der Waals surface area (Å²) in [6.45, 7) is 0. The summed E-state index contributed by atoms with van der Waals surface area (Å²) in [5, 5.41) is 3.97. The first kappa shape index (κ1) is 13.5. The van der Waals surface area contributed by atoms with Crippen LogP contribution in [-0.4, -0.2) is 10.9 Å². The molecule has 1 aliphatic rings. The standard InChI is InChI=1S/C18H11IN2O/c19-13-5-6-17-14(9-13)15(18(22)21-17)8-11-7-12-3-1-2-4-16(12)20-10-11/h1-10H,(H,21,22). The molecule has 0 radical (unpaired) electrons. The molecule has 0 aliphatic carbocycles. The zero-order valence-corrected chi connectivity index (χ0v) is 13.7. The number of nitrogens with zero attached hydrogens (tertiary/aromatic N) is 1. The Morgan fingerprint density at radius 3 is 2.86 bits per heavy atom. The van der Waals surface area contributed by atoms with E-state index in [1.165, 1.54) is 0 Å². The number of para-hydroxylation sites is 1. The van der Waals surface area contributed by atoms with Crippen LogP contribution in [0.15, 0.2) is 54.7 Å². The minimum atomic E-state index is -0.0647. The summed E-state index contributed by atoms with van der Waals surface area (Å²) < 4.78 is 1.11. The maximum absolute atomic E-state index is 12.2. The topological polar surface area (TPSA) is 42.0 Å². The Kier molecular flexibility index (Phi) is 3.18. The van der Waals surface area contributed by atoms with Gasteiger partial charge >= 0.3 is 0 Å². The van der Waals surface area contributed by atoms with Crippen molar-refractivity contribution >= 4 is 56.7 Å². The fourth-order valence-electron chi connectivity index (χ4n) is 2.64. The first-order valence-corrected chi connectivity index (χ1v) is 7.96. The summed E-state index contributed by atoms with van der Waals surface area (Å²) in [4.78, 5) is 16.7. The maximum atomic E-state index is 12.2. The minimum absolute atomic E-state index is 0.0647. The summed E-state index contributed by atoms with van der Waals surface area (Å²) in [6.07, 6.45) is 3.70. The fraction of sp³-hybridized carbons (Fsp3) is 0. The third-order valence-corrected chi connectivity index (χ3v) is 4.36. The van der Waals surface area contributed by atoms with E-state index >= 15 is 0 Å². The monoisotopic (exact) mass is 398 g/mol. The molecule has 1 amide bonds. The highest BCUT2D eigenvalue weighted by Gasteiger charge is 2.24. The van der Waals surface area contributed by atoms with Crippen molar-refractivity contribution in [2.24, 2.45) is 0 Å². The zero-order chi connectivity index (χ0) is 15.1. The molecule has 0 saturated heterocycles. The maximum Gasteiger partial charge on any atom is 0.256 e. The zero-order valence-electron chi connectivity index (χ0n) is 11.5. The van der Waals surface area contributed by atoms with Crippen LogP contribution in [0.3, 0.4) is 0 Å². The van der Waals surface area contributed by atoms with Crippen LogP contribution in [0.4, 0.5) is 5.69 Å². The van der Waals surface area contributed by atoms with Gasteiger partial charge in [0.15, 0.2) is 0 Å². The number of carbonyl (C=O) groups is 1. The van der Waals surface area contributed by atoms with E-state index in [0.717, 1.165) is 31.3 Å². The molecule has 2 heterocycles. The van der Waals surface area contributed by atoms with Crippen LogP contribution in [-0.2, 0) is 4.79 Å². The molecule has 2 aromatic carbocycles. The van der Waals surface area contributed by atoms with Crippen LogP contribution in [0.25, 0.3) is 22.6 Å². The van der Waals surface area contributed by atoms with Crippen LogP contribution < -0.4 is 5.32 Å². The number of pyridine rings is 1. The summed E-state index contributed by atoms with van der Waals surface area (Å²) in [5.74, 6) is -0.0647. The molecule has 106 valence electrons. The number of nitrogens with one attached hydrogen (secondary N) is 1. The molecular weight excluding hydrogens is 387 g/mol. The quantitative estimate of drug-likeness (QED) is 0.490. The Hall–Kier alpha value is -2.21. The van der Waals surface area contributed by atoms with Gasteiger partial charge in [-0.05, 0) is 64.6 Å². The van der Waals surface area contributed by atoms with Gasteiger partial charge in [-0.3, -0.25) is 9.78 Å². The van der Waals surface area contributed by atoms with Crippen LogP contribution in [0.5, 0.6) is 0 Å². The highest BCUT2D eigenvalue weighted by atomic mass is 127. The van der Waals surface area contributed by atoms with Crippen molar-refractivity contribution in [3.63, 3.8) is 0 Å². The van der Waals surface area contributed by atoms with E-state index in [2.05, 4.69) is 39.0 Å². The van der Waals surface area contributed by atoms with Crippen molar-refractivity contribution in [2.75, 3.05) is 5.32 Å². The Morgan fingerprint density at radius 1 is 1.09 bits per heavy atom. The van der Waals surface area contributed by atoms with Crippen LogP contribution in [0, 0.1) is 3.57 Å². The molecular formula is C18H11IN2O. The van der Waals surface area contributed by atoms with Crippen LogP contribution in [0.1, 0.15) is 11.1 Å². The second-order valence-electron chi connectivity index (χ2n) is 5.16. The normalized spacial score (nSPS) is 15.1. The summed E-state index contributed by atoms with van der Waals surface area (Å²) >= 11 is 2.25. The molecule has 4 heteroatoms. The Bertz CT molecular complexity index is 947. The highest BCUT2D eigenvalue weighted by Crippen LogP contribution is 2.34. The van der Waals surface area contributed by atoms with Crippen molar-refractivity contribution in [3.8, 4) is 0 Å². The third-order valence-electron chi connectivity index (χ3n) is 3.69. The van der Waals surface area contributed by atoms with Crippen molar-refractivity contribution in [1.82, 2.24) is 4.98 Å². The van der Waals surface area contributed by atoms with Gasteiger partial charge in [0.05, 0.1) is 5.52 Å². The molecule has 1 aliphatic heterocycles. The second-order valence-corrected chi connectivity index (χ2v) is 6.41. The predicted octanol–water partition coefficient (Wildman–Crippen LogP) is 4.33. The lowest BCUT2D eigenvalue weighted by Gasteiger charge is -2.01. The van der Waals surface area contributed by atoms with E-state index in [1.54, 1.807) is 6.20 Å². The number of benzene rings is 2. The van der Waals surface area contributed by atoms with Crippen LogP contribution in [0.2, 0.25) is 0 Å². The lowest BCUT2D eigenvalue weighted by Crippen LogP contribution is -2.03. The van der Waals surface area contributed by atoms with E-state index in [4.69, 9.17) is 0 Å². The van der Waals surface area contributed by atoms with E-state index < -0.39 is 0 Å². The van der Waals surface area contributed by atoms with E-state index in [-0.39, 0.29) is 5.91 Å². The van der Waals surface area contributed by atoms with Gasteiger partial charge in [-0.2, -0.15) is 0 Å². The van der Waals surface area contributed by atoms with Gasteiger partial charge in [-0.25, -0.2) is 0 Å². The van der Waals surface area contributed by atoms with E-state index in [0.29, 0.717) is 5.57 Å². The molecule has 0 bridgehead atoms. The molecule has 0 saturated carbocycles. The van der Waals surface area contributed by atoms with Gasteiger partial charge in [0.25, 0.3) is 5.91 Å².